The van der Waals surface area contributed by atoms with Crippen molar-refractivity contribution in [1.82, 2.24) is 10.2 Å². The van der Waals surface area contributed by atoms with Crippen molar-refractivity contribution in [2.75, 3.05) is 32.4 Å². The predicted molar refractivity (Wildman–Crippen MR) is 76.7 cm³/mol. The van der Waals surface area contributed by atoms with Gasteiger partial charge in [0, 0.05) is 12.1 Å². The lowest BCUT2D eigenvalue weighted by Crippen LogP contribution is -2.51. The van der Waals surface area contributed by atoms with E-state index < -0.39 is 14.6 Å². The van der Waals surface area contributed by atoms with Gasteiger partial charge in [-0.1, -0.05) is 0 Å². The summed E-state index contributed by atoms with van der Waals surface area (Å²) >= 11 is 0. The number of piperidine rings is 1. The van der Waals surface area contributed by atoms with E-state index in [0.29, 0.717) is 6.54 Å². The zero-order valence-electron chi connectivity index (χ0n) is 12.4. The Kier molecular flexibility index (Phi) is 4.84. The summed E-state index contributed by atoms with van der Waals surface area (Å²) in [5.41, 5.74) is 0.222. The maximum atomic E-state index is 12.0. The average molecular weight is 276 g/mol. The van der Waals surface area contributed by atoms with Crippen molar-refractivity contribution in [2.45, 2.75) is 50.8 Å². The Hall–Kier alpha value is -0.130. The van der Waals surface area contributed by atoms with Gasteiger partial charge in [0.05, 0.1) is 10.5 Å². The van der Waals surface area contributed by atoms with Gasteiger partial charge in [0.15, 0.2) is 9.84 Å². The van der Waals surface area contributed by atoms with Crippen LogP contribution in [0.4, 0.5) is 0 Å². The summed E-state index contributed by atoms with van der Waals surface area (Å²) in [6, 6.07) is 0. The highest BCUT2D eigenvalue weighted by atomic mass is 32.2. The lowest BCUT2D eigenvalue weighted by Gasteiger charge is -2.39. The molecule has 108 valence electrons. The molecule has 1 rings (SSSR count). The van der Waals surface area contributed by atoms with Gasteiger partial charge in [-0.15, -0.1) is 0 Å². The van der Waals surface area contributed by atoms with E-state index in [9.17, 15) is 8.42 Å². The molecule has 0 aromatic rings. The minimum atomic E-state index is -2.99. The SMILES string of the molecule is CNC1(C)CCN(CCS(=O)(=O)C(C)(C)C)CC1. The van der Waals surface area contributed by atoms with Crippen LogP contribution in [0.5, 0.6) is 0 Å². The average Bonchev–Trinajstić information content (AvgIpc) is 2.27. The highest BCUT2D eigenvalue weighted by Gasteiger charge is 2.31. The van der Waals surface area contributed by atoms with Crippen LogP contribution in [-0.2, 0) is 9.84 Å². The third kappa shape index (κ3) is 3.93. The molecule has 18 heavy (non-hydrogen) atoms. The van der Waals surface area contributed by atoms with Gasteiger partial charge in [0.2, 0.25) is 0 Å². The second-order valence-electron chi connectivity index (χ2n) is 6.58. The third-order valence-electron chi connectivity index (χ3n) is 4.17. The summed E-state index contributed by atoms with van der Waals surface area (Å²) in [5.74, 6) is 0.271. The van der Waals surface area contributed by atoms with Gasteiger partial charge in [0.25, 0.3) is 0 Å². The molecular weight excluding hydrogens is 248 g/mol. The lowest BCUT2D eigenvalue weighted by atomic mass is 9.90. The second kappa shape index (κ2) is 5.47. The molecule has 5 heteroatoms. The molecule has 1 aliphatic rings. The van der Waals surface area contributed by atoms with Crippen molar-refractivity contribution >= 4 is 9.84 Å². The van der Waals surface area contributed by atoms with Crippen LogP contribution >= 0.6 is 0 Å². The molecule has 4 nitrogen and oxygen atoms in total. The van der Waals surface area contributed by atoms with E-state index in [2.05, 4.69) is 17.1 Å². The number of nitrogens with one attached hydrogen (secondary N) is 1. The van der Waals surface area contributed by atoms with Gasteiger partial charge in [-0.25, -0.2) is 8.42 Å². The van der Waals surface area contributed by atoms with Crippen molar-refractivity contribution in [3.63, 3.8) is 0 Å². The molecule has 0 radical (unpaired) electrons. The van der Waals surface area contributed by atoms with Crippen LogP contribution in [0.15, 0.2) is 0 Å². The monoisotopic (exact) mass is 276 g/mol. The first kappa shape index (κ1) is 15.9. The molecule has 0 aromatic carbocycles. The highest BCUT2D eigenvalue weighted by molar-refractivity contribution is 7.92. The first-order valence-corrected chi connectivity index (χ1v) is 8.38. The van der Waals surface area contributed by atoms with Gasteiger partial charge < -0.3 is 10.2 Å². The van der Waals surface area contributed by atoms with Crippen LogP contribution in [0.25, 0.3) is 0 Å². The maximum absolute atomic E-state index is 12.0. The molecule has 0 bridgehead atoms. The Morgan fingerprint density at radius 2 is 1.72 bits per heavy atom. The van der Waals surface area contributed by atoms with Gasteiger partial charge in [0.1, 0.15) is 0 Å². The van der Waals surface area contributed by atoms with Gasteiger partial charge >= 0.3 is 0 Å². The number of hydrogen-bond donors (Lipinski definition) is 1. The van der Waals surface area contributed by atoms with Crippen LogP contribution in [-0.4, -0.2) is 56.0 Å². The molecule has 1 saturated heterocycles. The fraction of sp³-hybridized carbons (Fsp3) is 1.00. The molecule has 0 saturated carbocycles. The van der Waals surface area contributed by atoms with Gasteiger partial charge in [-0.2, -0.15) is 0 Å². The Balaban J connectivity index is 2.44. The number of hydrogen-bond acceptors (Lipinski definition) is 4. The topological polar surface area (TPSA) is 49.4 Å². The van der Waals surface area contributed by atoms with E-state index in [1.54, 1.807) is 20.8 Å². The smallest absolute Gasteiger partial charge is 0.156 e. The summed E-state index contributed by atoms with van der Waals surface area (Å²) in [4.78, 5) is 2.27. The number of likely N-dealkylation sites (tertiary alicyclic amines) is 1. The fourth-order valence-corrected chi connectivity index (χ4v) is 3.19. The van der Waals surface area contributed by atoms with Crippen molar-refractivity contribution in [1.29, 1.82) is 0 Å². The number of nitrogens with zero attached hydrogens (tertiary/aromatic N) is 1. The summed E-state index contributed by atoms with van der Waals surface area (Å²) in [7, 11) is -0.989. The van der Waals surface area contributed by atoms with E-state index in [0.717, 1.165) is 25.9 Å². The van der Waals surface area contributed by atoms with Crippen molar-refractivity contribution in [2.24, 2.45) is 0 Å². The van der Waals surface area contributed by atoms with Crippen LogP contribution in [0.1, 0.15) is 40.5 Å². The van der Waals surface area contributed by atoms with E-state index in [4.69, 9.17) is 0 Å². The first-order chi connectivity index (χ1) is 8.10. The van der Waals surface area contributed by atoms with Crippen molar-refractivity contribution in [3.8, 4) is 0 Å². The minimum Gasteiger partial charge on any atom is -0.314 e. The summed E-state index contributed by atoms with van der Waals surface area (Å²) in [5, 5.41) is 3.35. The molecule has 1 heterocycles. The first-order valence-electron chi connectivity index (χ1n) is 6.73. The van der Waals surface area contributed by atoms with E-state index in [1.807, 2.05) is 7.05 Å². The van der Waals surface area contributed by atoms with Gasteiger partial charge in [-0.3, -0.25) is 0 Å². The zero-order chi connectivity index (χ0) is 14.0. The van der Waals surface area contributed by atoms with Crippen molar-refractivity contribution < 1.29 is 8.42 Å². The van der Waals surface area contributed by atoms with Gasteiger partial charge in [-0.05, 0) is 60.7 Å². The minimum absolute atomic E-state index is 0.222. The molecule has 0 spiro atoms. The standard InChI is InChI=1S/C13H28N2O2S/c1-12(2,3)18(16,17)11-10-15-8-6-13(4,14-5)7-9-15/h14H,6-11H2,1-5H3. The number of rotatable bonds is 4. The van der Waals surface area contributed by atoms with Crippen LogP contribution in [0.2, 0.25) is 0 Å². The van der Waals surface area contributed by atoms with Crippen molar-refractivity contribution in [3.05, 3.63) is 0 Å². The van der Waals surface area contributed by atoms with Crippen LogP contribution < -0.4 is 5.32 Å². The second-order valence-corrected chi connectivity index (χ2v) is 9.45. The molecule has 0 aliphatic carbocycles. The lowest BCUT2D eigenvalue weighted by molar-refractivity contribution is 0.159. The Morgan fingerprint density at radius 3 is 2.11 bits per heavy atom. The van der Waals surface area contributed by atoms with E-state index in [-0.39, 0.29) is 11.3 Å². The van der Waals surface area contributed by atoms with Crippen LogP contribution in [0, 0.1) is 0 Å². The maximum Gasteiger partial charge on any atom is 0.156 e. The largest absolute Gasteiger partial charge is 0.314 e. The molecule has 1 aliphatic heterocycles. The van der Waals surface area contributed by atoms with E-state index in [1.165, 1.54) is 0 Å². The molecule has 1 N–H and O–H groups in total. The fourth-order valence-electron chi connectivity index (χ4n) is 2.08. The molecule has 0 unspecified atom stereocenters. The third-order valence-corrected chi connectivity index (χ3v) is 6.76. The predicted octanol–water partition coefficient (Wildman–Crippen LogP) is 1.27. The highest BCUT2D eigenvalue weighted by Crippen LogP contribution is 2.22. The Labute approximate surface area is 112 Å². The molecule has 0 aromatic heterocycles. The Morgan fingerprint density at radius 1 is 1.22 bits per heavy atom. The summed E-state index contributed by atoms with van der Waals surface area (Å²) < 4.78 is 23.4. The van der Waals surface area contributed by atoms with E-state index >= 15 is 0 Å². The molecule has 1 fully saturated rings. The Bertz CT molecular complexity index is 363. The summed E-state index contributed by atoms with van der Waals surface area (Å²) in [6.07, 6.45) is 2.16. The van der Waals surface area contributed by atoms with Crippen LogP contribution in [0.3, 0.4) is 0 Å². The quantitative estimate of drug-likeness (QED) is 0.840. The normalized spacial score (nSPS) is 22.1. The molecule has 0 atom stereocenters. The zero-order valence-corrected chi connectivity index (χ0v) is 13.2. The summed E-state index contributed by atoms with van der Waals surface area (Å²) in [6.45, 7) is 10.2. The molecule has 0 amide bonds. The molecular formula is C13H28N2O2S. The number of sulfone groups is 1.